The van der Waals surface area contributed by atoms with Crippen molar-refractivity contribution in [3.63, 3.8) is 0 Å². The predicted molar refractivity (Wildman–Crippen MR) is 54.3 cm³/mol. The Morgan fingerprint density at radius 3 is 2.67 bits per heavy atom. The van der Waals surface area contributed by atoms with E-state index in [0.29, 0.717) is 0 Å². The SMILES string of the molecule is C=C(C)N=C1C=CC=C/C1=C/C. The van der Waals surface area contributed by atoms with Crippen LogP contribution in [0.1, 0.15) is 13.8 Å². The van der Waals surface area contributed by atoms with Gasteiger partial charge in [-0.3, -0.25) is 4.99 Å². The first-order valence-electron chi connectivity index (χ1n) is 3.99. The van der Waals surface area contributed by atoms with E-state index in [0.717, 1.165) is 17.0 Å². The normalized spacial score (nSPS) is 22.2. The van der Waals surface area contributed by atoms with Gasteiger partial charge in [0.15, 0.2) is 0 Å². The zero-order valence-corrected chi connectivity index (χ0v) is 7.54. The van der Waals surface area contributed by atoms with Gasteiger partial charge in [-0.2, -0.15) is 0 Å². The van der Waals surface area contributed by atoms with Crippen molar-refractivity contribution in [3.05, 3.63) is 48.2 Å². The van der Waals surface area contributed by atoms with Crippen LogP contribution in [-0.2, 0) is 0 Å². The third kappa shape index (κ3) is 2.06. The highest BCUT2D eigenvalue weighted by molar-refractivity contribution is 6.11. The Kier molecular flexibility index (Phi) is 2.81. The van der Waals surface area contributed by atoms with E-state index in [-0.39, 0.29) is 0 Å². The van der Waals surface area contributed by atoms with Crippen molar-refractivity contribution < 1.29 is 0 Å². The molecule has 0 spiro atoms. The molecule has 0 saturated heterocycles. The summed E-state index contributed by atoms with van der Waals surface area (Å²) in [5.74, 6) is 0. The van der Waals surface area contributed by atoms with Crippen molar-refractivity contribution in [2.45, 2.75) is 13.8 Å². The second-order valence-electron chi connectivity index (χ2n) is 2.69. The summed E-state index contributed by atoms with van der Waals surface area (Å²) in [6, 6.07) is 0. The summed E-state index contributed by atoms with van der Waals surface area (Å²) in [5.41, 5.74) is 2.98. The molecule has 0 saturated carbocycles. The van der Waals surface area contributed by atoms with E-state index in [9.17, 15) is 0 Å². The highest BCUT2D eigenvalue weighted by atomic mass is 14.7. The molecule has 12 heavy (non-hydrogen) atoms. The Morgan fingerprint density at radius 2 is 2.08 bits per heavy atom. The summed E-state index contributed by atoms with van der Waals surface area (Å²) in [6.45, 7) is 7.65. The maximum atomic E-state index is 4.30. The summed E-state index contributed by atoms with van der Waals surface area (Å²) in [6.07, 6.45) is 10.1. The van der Waals surface area contributed by atoms with Crippen molar-refractivity contribution >= 4 is 5.71 Å². The minimum absolute atomic E-state index is 0.837. The van der Waals surface area contributed by atoms with Crippen LogP contribution in [0.2, 0.25) is 0 Å². The molecule has 0 fully saturated rings. The van der Waals surface area contributed by atoms with Crippen molar-refractivity contribution in [3.8, 4) is 0 Å². The maximum Gasteiger partial charge on any atom is 0.0701 e. The van der Waals surface area contributed by atoms with Crippen LogP contribution in [0.25, 0.3) is 0 Å². The van der Waals surface area contributed by atoms with Crippen molar-refractivity contribution in [1.82, 2.24) is 0 Å². The number of aliphatic imine (C=N–C) groups is 1. The Hall–Kier alpha value is -1.37. The molecule has 0 amide bonds. The van der Waals surface area contributed by atoms with Gasteiger partial charge in [0.25, 0.3) is 0 Å². The first-order valence-corrected chi connectivity index (χ1v) is 3.99. The molecule has 0 heterocycles. The van der Waals surface area contributed by atoms with E-state index >= 15 is 0 Å². The van der Waals surface area contributed by atoms with Crippen molar-refractivity contribution in [2.24, 2.45) is 4.99 Å². The fourth-order valence-corrected chi connectivity index (χ4v) is 1.04. The van der Waals surface area contributed by atoms with Crippen LogP contribution in [0.15, 0.2) is 53.2 Å². The minimum Gasteiger partial charge on any atom is -0.254 e. The molecule has 1 nitrogen and oxygen atoms in total. The molecule has 0 aromatic rings. The smallest absolute Gasteiger partial charge is 0.0701 e. The molecule has 0 N–H and O–H groups in total. The van der Waals surface area contributed by atoms with E-state index < -0.39 is 0 Å². The topological polar surface area (TPSA) is 12.4 Å². The zero-order valence-electron chi connectivity index (χ0n) is 7.54. The Bertz CT molecular complexity index is 301. The van der Waals surface area contributed by atoms with Crippen LogP contribution in [0.3, 0.4) is 0 Å². The van der Waals surface area contributed by atoms with Crippen LogP contribution >= 0.6 is 0 Å². The third-order valence-electron chi connectivity index (χ3n) is 1.56. The van der Waals surface area contributed by atoms with Crippen LogP contribution in [0, 0.1) is 0 Å². The van der Waals surface area contributed by atoms with Gasteiger partial charge in [-0.05, 0) is 25.5 Å². The first kappa shape index (κ1) is 8.72. The highest BCUT2D eigenvalue weighted by Gasteiger charge is 2.01. The van der Waals surface area contributed by atoms with Gasteiger partial charge in [0, 0.05) is 5.70 Å². The Morgan fingerprint density at radius 1 is 1.42 bits per heavy atom. The number of rotatable bonds is 1. The van der Waals surface area contributed by atoms with E-state index in [4.69, 9.17) is 0 Å². The number of hydrogen-bond acceptors (Lipinski definition) is 1. The van der Waals surface area contributed by atoms with E-state index in [1.54, 1.807) is 0 Å². The first-order chi connectivity index (χ1) is 5.74. The van der Waals surface area contributed by atoms with Crippen LogP contribution in [0.5, 0.6) is 0 Å². The molecule has 1 rings (SSSR count). The van der Waals surface area contributed by atoms with Gasteiger partial charge >= 0.3 is 0 Å². The summed E-state index contributed by atoms with van der Waals surface area (Å²) in [5, 5.41) is 0. The van der Waals surface area contributed by atoms with Gasteiger partial charge in [-0.25, -0.2) is 0 Å². The standard InChI is InChI=1S/C11H13N/c1-4-10-7-5-6-8-11(10)12-9(2)3/h4-8H,2H2,1,3H3/b10-4-,12-11?. The largest absolute Gasteiger partial charge is 0.254 e. The number of allylic oxidation sites excluding steroid dienone is 7. The molecule has 62 valence electrons. The summed E-state index contributed by atoms with van der Waals surface area (Å²) < 4.78 is 0. The van der Waals surface area contributed by atoms with Gasteiger partial charge in [-0.1, -0.05) is 30.9 Å². The lowest BCUT2D eigenvalue weighted by Gasteiger charge is -2.05. The van der Waals surface area contributed by atoms with Gasteiger partial charge < -0.3 is 0 Å². The fourth-order valence-electron chi connectivity index (χ4n) is 1.04. The number of hydrogen-bond donors (Lipinski definition) is 0. The van der Waals surface area contributed by atoms with Gasteiger partial charge in [0.1, 0.15) is 0 Å². The molecule has 0 radical (unpaired) electrons. The fraction of sp³-hybridized carbons (Fsp3) is 0.182. The van der Waals surface area contributed by atoms with Crippen molar-refractivity contribution in [2.75, 3.05) is 0 Å². The summed E-state index contributed by atoms with van der Waals surface area (Å²) in [4.78, 5) is 4.30. The second kappa shape index (κ2) is 3.86. The highest BCUT2D eigenvalue weighted by Crippen LogP contribution is 2.09. The van der Waals surface area contributed by atoms with E-state index in [2.05, 4.69) is 11.6 Å². The average molecular weight is 159 g/mol. The molecule has 0 aromatic carbocycles. The molecule has 1 heteroatoms. The summed E-state index contributed by atoms with van der Waals surface area (Å²) >= 11 is 0. The lowest BCUT2D eigenvalue weighted by atomic mass is 10.1. The van der Waals surface area contributed by atoms with Gasteiger partial charge in [0.2, 0.25) is 0 Å². The Balaban J connectivity index is 2.98. The molecule has 1 aliphatic carbocycles. The molecule has 0 aliphatic heterocycles. The molecule has 0 unspecified atom stereocenters. The second-order valence-corrected chi connectivity index (χ2v) is 2.69. The van der Waals surface area contributed by atoms with Crippen LogP contribution < -0.4 is 0 Å². The van der Waals surface area contributed by atoms with Crippen LogP contribution in [0.4, 0.5) is 0 Å². The van der Waals surface area contributed by atoms with Gasteiger partial charge in [0.05, 0.1) is 5.71 Å². The maximum absolute atomic E-state index is 4.30. The average Bonchev–Trinajstić information content (AvgIpc) is 2.04. The molecule has 0 atom stereocenters. The van der Waals surface area contributed by atoms with Gasteiger partial charge in [-0.15, -0.1) is 0 Å². The monoisotopic (exact) mass is 159 g/mol. The molecule has 1 aliphatic rings. The molecule has 0 bridgehead atoms. The zero-order chi connectivity index (χ0) is 8.97. The summed E-state index contributed by atoms with van der Waals surface area (Å²) in [7, 11) is 0. The van der Waals surface area contributed by atoms with Crippen LogP contribution in [-0.4, -0.2) is 5.71 Å². The molecular formula is C11H13N. The number of nitrogens with zero attached hydrogens (tertiary/aromatic N) is 1. The molecule has 0 aromatic heterocycles. The third-order valence-corrected chi connectivity index (χ3v) is 1.56. The predicted octanol–water partition coefficient (Wildman–Crippen LogP) is 3.03. The van der Waals surface area contributed by atoms with E-state index in [1.165, 1.54) is 0 Å². The lowest BCUT2D eigenvalue weighted by molar-refractivity contribution is 1.32. The van der Waals surface area contributed by atoms with Crippen molar-refractivity contribution in [1.29, 1.82) is 0 Å². The molecular weight excluding hydrogens is 146 g/mol. The lowest BCUT2D eigenvalue weighted by Crippen LogP contribution is -1.99. The van der Waals surface area contributed by atoms with E-state index in [1.807, 2.05) is 44.2 Å². The quantitative estimate of drug-likeness (QED) is 0.557. The minimum atomic E-state index is 0.837. The Labute approximate surface area is 73.5 Å².